The Balaban J connectivity index is 2.09. The number of hydrogen-bond donors (Lipinski definition) is 1. The van der Waals surface area contributed by atoms with Crippen LogP contribution < -0.4 is 5.32 Å². The summed E-state index contributed by atoms with van der Waals surface area (Å²) >= 11 is 0. The van der Waals surface area contributed by atoms with Gasteiger partial charge in [-0.15, -0.1) is 0 Å². The SMILES string of the molecule is Cc1cccc(-n2nc(C)c(C(=O)NC3CC3)c2C(C)C)c1. The van der Waals surface area contributed by atoms with E-state index in [-0.39, 0.29) is 11.8 Å². The Bertz CT molecular complexity index is 711. The van der Waals surface area contributed by atoms with Crippen molar-refractivity contribution in [3.8, 4) is 5.69 Å². The van der Waals surface area contributed by atoms with E-state index in [2.05, 4.69) is 43.3 Å². The molecule has 0 aliphatic heterocycles. The third-order valence-electron chi connectivity index (χ3n) is 4.03. The van der Waals surface area contributed by atoms with Crippen LogP contribution in [-0.4, -0.2) is 21.7 Å². The van der Waals surface area contributed by atoms with Crippen LogP contribution in [-0.2, 0) is 0 Å². The van der Waals surface area contributed by atoms with Gasteiger partial charge in [0.25, 0.3) is 5.91 Å². The van der Waals surface area contributed by atoms with Crippen molar-refractivity contribution in [1.82, 2.24) is 15.1 Å². The van der Waals surface area contributed by atoms with Gasteiger partial charge in [-0.25, -0.2) is 4.68 Å². The molecule has 0 unspecified atom stereocenters. The monoisotopic (exact) mass is 297 g/mol. The summed E-state index contributed by atoms with van der Waals surface area (Å²) in [7, 11) is 0. The lowest BCUT2D eigenvalue weighted by molar-refractivity contribution is 0.0949. The van der Waals surface area contributed by atoms with Gasteiger partial charge < -0.3 is 5.32 Å². The molecule has 1 amide bonds. The lowest BCUT2D eigenvalue weighted by atomic mass is 10.0. The second kappa shape index (κ2) is 5.59. The van der Waals surface area contributed by atoms with E-state index in [0.717, 1.165) is 35.5 Å². The Kier molecular flexibility index (Phi) is 3.77. The van der Waals surface area contributed by atoms with Crippen molar-refractivity contribution in [1.29, 1.82) is 0 Å². The van der Waals surface area contributed by atoms with Crippen molar-refractivity contribution in [3.05, 3.63) is 46.8 Å². The average Bonchev–Trinajstić information content (AvgIpc) is 3.18. The molecule has 0 radical (unpaired) electrons. The van der Waals surface area contributed by atoms with Gasteiger partial charge in [0.1, 0.15) is 0 Å². The van der Waals surface area contributed by atoms with E-state index < -0.39 is 0 Å². The number of rotatable bonds is 4. The minimum Gasteiger partial charge on any atom is -0.349 e. The number of nitrogens with one attached hydrogen (secondary N) is 1. The molecular weight excluding hydrogens is 274 g/mol. The molecule has 1 saturated carbocycles. The van der Waals surface area contributed by atoms with Gasteiger partial charge in [0.05, 0.1) is 22.6 Å². The minimum absolute atomic E-state index is 0.0163. The standard InChI is InChI=1S/C18H23N3O/c1-11(2)17-16(18(22)19-14-8-9-14)13(4)20-21(17)15-7-5-6-12(3)10-15/h5-7,10-11,14H,8-9H2,1-4H3,(H,19,22). The molecule has 0 atom stereocenters. The van der Waals surface area contributed by atoms with Crippen LogP contribution in [0.1, 0.15) is 59.9 Å². The Morgan fingerprint density at radius 3 is 2.64 bits per heavy atom. The zero-order valence-electron chi connectivity index (χ0n) is 13.7. The van der Waals surface area contributed by atoms with Crippen molar-refractivity contribution in [2.75, 3.05) is 0 Å². The Morgan fingerprint density at radius 1 is 1.32 bits per heavy atom. The zero-order valence-corrected chi connectivity index (χ0v) is 13.7. The summed E-state index contributed by atoms with van der Waals surface area (Å²) < 4.78 is 1.93. The fourth-order valence-corrected chi connectivity index (χ4v) is 2.80. The van der Waals surface area contributed by atoms with Crippen LogP contribution in [0.15, 0.2) is 24.3 Å². The highest BCUT2D eigenvalue weighted by Crippen LogP contribution is 2.27. The maximum Gasteiger partial charge on any atom is 0.255 e. The predicted octanol–water partition coefficient (Wildman–Crippen LogP) is 3.50. The van der Waals surface area contributed by atoms with Gasteiger partial charge in [-0.05, 0) is 50.3 Å². The highest BCUT2D eigenvalue weighted by molar-refractivity contribution is 5.97. The van der Waals surface area contributed by atoms with E-state index in [1.54, 1.807) is 0 Å². The normalized spacial score (nSPS) is 14.4. The van der Waals surface area contributed by atoms with Crippen molar-refractivity contribution in [2.24, 2.45) is 0 Å². The van der Waals surface area contributed by atoms with Gasteiger partial charge in [-0.2, -0.15) is 5.10 Å². The van der Waals surface area contributed by atoms with Crippen molar-refractivity contribution < 1.29 is 4.79 Å². The fourth-order valence-electron chi connectivity index (χ4n) is 2.80. The summed E-state index contributed by atoms with van der Waals surface area (Å²) in [5.74, 6) is 0.240. The summed E-state index contributed by atoms with van der Waals surface area (Å²) in [6.07, 6.45) is 2.18. The summed E-state index contributed by atoms with van der Waals surface area (Å²) in [6.45, 7) is 8.20. The first-order chi connectivity index (χ1) is 10.5. The lowest BCUT2D eigenvalue weighted by Crippen LogP contribution is -2.27. The zero-order chi connectivity index (χ0) is 15.9. The molecular formula is C18H23N3O. The molecule has 1 aliphatic rings. The molecule has 3 rings (SSSR count). The van der Waals surface area contributed by atoms with Crippen LogP contribution in [0, 0.1) is 13.8 Å². The highest BCUT2D eigenvalue weighted by Gasteiger charge is 2.29. The lowest BCUT2D eigenvalue weighted by Gasteiger charge is -2.13. The molecule has 0 spiro atoms. The van der Waals surface area contributed by atoms with Gasteiger partial charge in [0, 0.05) is 6.04 Å². The first-order valence-corrected chi connectivity index (χ1v) is 7.94. The predicted molar refractivity (Wildman–Crippen MR) is 87.6 cm³/mol. The number of carbonyl (C=O) groups is 1. The van der Waals surface area contributed by atoms with Crippen LogP contribution in [0.3, 0.4) is 0 Å². The number of aromatic nitrogens is 2. The second-order valence-electron chi connectivity index (χ2n) is 6.50. The van der Waals surface area contributed by atoms with Gasteiger partial charge >= 0.3 is 0 Å². The molecule has 22 heavy (non-hydrogen) atoms. The number of aryl methyl sites for hydroxylation is 2. The van der Waals surface area contributed by atoms with Crippen LogP contribution in [0.25, 0.3) is 5.69 Å². The van der Waals surface area contributed by atoms with Gasteiger partial charge in [0.2, 0.25) is 0 Å². The third-order valence-corrected chi connectivity index (χ3v) is 4.03. The minimum atomic E-state index is 0.0163. The number of amides is 1. The molecule has 1 N–H and O–H groups in total. The van der Waals surface area contributed by atoms with Gasteiger partial charge in [-0.3, -0.25) is 4.79 Å². The molecule has 1 aromatic carbocycles. The van der Waals surface area contributed by atoms with E-state index in [1.807, 2.05) is 23.7 Å². The molecule has 2 aromatic rings. The van der Waals surface area contributed by atoms with E-state index in [1.165, 1.54) is 5.56 Å². The van der Waals surface area contributed by atoms with Gasteiger partial charge in [0.15, 0.2) is 0 Å². The number of carbonyl (C=O) groups excluding carboxylic acids is 1. The fraction of sp³-hybridized carbons (Fsp3) is 0.444. The molecule has 0 bridgehead atoms. The molecule has 1 heterocycles. The van der Waals surface area contributed by atoms with Crippen molar-refractivity contribution in [2.45, 2.75) is 52.5 Å². The van der Waals surface area contributed by atoms with E-state index >= 15 is 0 Å². The molecule has 116 valence electrons. The largest absolute Gasteiger partial charge is 0.349 e. The Hall–Kier alpha value is -2.10. The number of nitrogens with zero attached hydrogens (tertiary/aromatic N) is 2. The molecule has 1 aromatic heterocycles. The third kappa shape index (κ3) is 2.78. The first-order valence-electron chi connectivity index (χ1n) is 7.94. The maximum atomic E-state index is 12.6. The van der Waals surface area contributed by atoms with E-state index in [0.29, 0.717) is 6.04 Å². The topological polar surface area (TPSA) is 46.9 Å². The first kappa shape index (κ1) is 14.8. The summed E-state index contributed by atoms with van der Waals surface area (Å²) in [4.78, 5) is 12.6. The van der Waals surface area contributed by atoms with Crippen molar-refractivity contribution in [3.63, 3.8) is 0 Å². The van der Waals surface area contributed by atoms with E-state index in [9.17, 15) is 4.79 Å². The van der Waals surface area contributed by atoms with Gasteiger partial charge in [-0.1, -0.05) is 26.0 Å². The molecule has 4 nitrogen and oxygen atoms in total. The van der Waals surface area contributed by atoms with Crippen molar-refractivity contribution >= 4 is 5.91 Å². The average molecular weight is 297 g/mol. The summed E-state index contributed by atoms with van der Waals surface area (Å²) in [5.41, 5.74) is 4.72. The summed E-state index contributed by atoms with van der Waals surface area (Å²) in [6, 6.07) is 8.58. The van der Waals surface area contributed by atoms with E-state index in [4.69, 9.17) is 0 Å². The number of hydrogen-bond acceptors (Lipinski definition) is 2. The smallest absolute Gasteiger partial charge is 0.255 e. The van der Waals surface area contributed by atoms with Crippen LogP contribution in [0.5, 0.6) is 0 Å². The number of benzene rings is 1. The van der Waals surface area contributed by atoms with Crippen LogP contribution in [0.2, 0.25) is 0 Å². The second-order valence-corrected chi connectivity index (χ2v) is 6.50. The molecule has 4 heteroatoms. The van der Waals surface area contributed by atoms with Crippen LogP contribution >= 0.6 is 0 Å². The molecule has 1 aliphatic carbocycles. The van der Waals surface area contributed by atoms with Crippen LogP contribution in [0.4, 0.5) is 0 Å². The molecule has 0 saturated heterocycles. The maximum absolute atomic E-state index is 12.6. The quantitative estimate of drug-likeness (QED) is 0.938. The summed E-state index contributed by atoms with van der Waals surface area (Å²) in [5, 5.41) is 7.74. The molecule has 1 fully saturated rings. The Labute approximate surface area is 131 Å². The highest BCUT2D eigenvalue weighted by atomic mass is 16.1. The Morgan fingerprint density at radius 2 is 2.05 bits per heavy atom.